The van der Waals surface area contributed by atoms with Gasteiger partial charge in [0.1, 0.15) is 18.1 Å². The predicted octanol–water partition coefficient (Wildman–Crippen LogP) is 5.17. The molecule has 0 heterocycles. The summed E-state index contributed by atoms with van der Waals surface area (Å²) >= 11 is 6.00. The fourth-order valence-corrected chi connectivity index (χ4v) is 2.15. The van der Waals surface area contributed by atoms with Gasteiger partial charge in [0.2, 0.25) is 0 Å². The number of halogens is 1. The van der Waals surface area contributed by atoms with Crippen molar-refractivity contribution < 1.29 is 9.47 Å². The molecule has 0 bridgehead atoms. The monoisotopic (exact) mass is 333 g/mol. The largest absolute Gasteiger partial charge is 0.493 e. The first-order chi connectivity index (χ1) is 11.0. The van der Waals surface area contributed by atoms with Crippen LogP contribution in [0, 0.1) is 12.8 Å². The van der Waals surface area contributed by atoms with Gasteiger partial charge in [0.25, 0.3) is 0 Å². The van der Waals surface area contributed by atoms with Crippen LogP contribution < -0.4 is 14.8 Å². The molecule has 0 saturated heterocycles. The van der Waals surface area contributed by atoms with Crippen molar-refractivity contribution in [1.82, 2.24) is 0 Å². The summed E-state index contributed by atoms with van der Waals surface area (Å²) in [7, 11) is 0. The van der Waals surface area contributed by atoms with E-state index in [0.717, 1.165) is 40.9 Å². The van der Waals surface area contributed by atoms with Crippen LogP contribution in [-0.2, 0) is 0 Å². The normalized spacial score (nSPS) is 10.7. The number of hydrogen-bond donors (Lipinski definition) is 1. The van der Waals surface area contributed by atoms with Gasteiger partial charge in [-0.05, 0) is 48.7 Å². The molecule has 4 heteroatoms. The van der Waals surface area contributed by atoms with E-state index in [9.17, 15) is 0 Å². The second kappa shape index (κ2) is 8.68. The van der Waals surface area contributed by atoms with Gasteiger partial charge in [0.05, 0.1) is 6.61 Å². The van der Waals surface area contributed by atoms with Gasteiger partial charge in [-0.2, -0.15) is 0 Å². The van der Waals surface area contributed by atoms with Gasteiger partial charge in [-0.15, -0.1) is 0 Å². The number of nitrogens with one attached hydrogen (secondary N) is 1. The Balaban J connectivity index is 1.77. The Labute approximate surface area is 143 Å². The molecule has 0 spiro atoms. The van der Waals surface area contributed by atoms with E-state index in [2.05, 4.69) is 19.2 Å². The lowest BCUT2D eigenvalue weighted by molar-refractivity contribution is 0.271. The molecule has 0 radical (unpaired) electrons. The Morgan fingerprint density at radius 1 is 1.04 bits per heavy atom. The van der Waals surface area contributed by atoms with Gasteiger partial charge < -0.3 is 14.8 Å². The van der Waals surface area contributed by atoms with E-state index < -0.39 is 0 Å². The fraction of sp³-hybridized carbons (Fsp3) is 0.368. The van der Waals surface area contributed by atoms with E-state index in [1.54, 1.807) is 0 Å². The summed E-state index contributed by atoms with van der Waals surface area (Å²) in [6, 6.07) is 13.7. The summed E-state index contributed by atoms with van der Waals surface area (Å²) in [4.78, 5) is 0. The van der Waals surface area contributed by atoms with E-state index in [-0.39, 0.29) is 0 Å². The standard InChI is InChI=1S/C19H24ClNO2/c1-14(2)13-23-17-6-4-5-16(12-17)21-9-10-22-18-7-8-19(20)15(3)11-18/h4-8,11-12,14,21H,9-10,13H2,1-3H3. The fourth-order valence-electron chi connectivity index (χ4n) is 2.03. The highest BCUT2D eigenvalue weighted by molar-refractivity contribution is 6.31. The summed E-state index contributed by atoms with van der Waals surface area (Å²) in [5.41, 5.74) is 2.05. The van der Waals surface area contributed by atoms with E-state index in [1.807, 2.05) is 49.4 Å². The minimum absolute atomic E-state index is 0.517. The van der Waals surface area contributed by atoms with Crippen LogP contribution in [0.25, 0.3) is 0 Å². The van der Waals surface area contributed by atoms with E-state index in [0.29, 0.717) is 12.5 Å². The second-order valence-electron chi connectivity index (χ2n) is 5.92. The minimum atomic E-state index is 0.517. The highest BCUT2D eigenvalue weighted by Crippen LogP contribution is 2.21. The molecule has 124 valence electrons. The van der Waals surface area contributed by atoms with Gasteiger partial charge >= 0.3 is 0 Å². The van der Waals surface area contributed by atoms with Crippen molar-refractivity contribution in [2.24, 2.45) is 5.92 Å². The van der Waals surface area contributed by atoms with Crippen LogP contribution in [0.15, 0.2) is 42.5 Å². The van der Waals surface area contributed by atoms with Crippen molar-refractivity contribution in [3.8, 4) is 11.5 Å². The third kappa shape index (κ3) is 6.03. The smallest absolute Gasteiger partial charge is 0.121 e. The topological polar surface area (TPSA) is 30.5 Å². The van der Waals surface area contributed by atoms with Crippen LogP contribution in [0.1, 0.15) is 19.4 Å². The number of hydrogen-bond acceptors (Lipinski definition) is 3. The Hall–Kier alpha value is -1.87. The average molecular weight is 334 g/mol. The summed E-state index contributed by atoms with van der Waals surface area (Å²) in [6.45, 7) is 8.27. The summed E-state index contributed by atoms with van der Waals surface area (Å²) < 4.78 is 11.4. The molecule has 0 aromatic heterocycles. The summed E-state index contributed by atoms with van der Waals surface area (Å²) in [6.07, 6.45) is 0. The van der Waals surface area contributed by atoms with Crippen molar-refractivity contribution in [2.45, 2.75) is 20.8 Å². The van der Waals surface area contributed by atoms with Gasteiger partial charge in [-0.3, -0.25) is 0 Å². The van der Waals surface area contributed by atoms with Crippen molar-refractivity contribution in [3.05, 3.63) is 53.1 Å². The lowest BCUT2D eigenvalue weighted by Gasteiger charge is -2.12. The van der Waals surface area contributed by atoms with Crippen LogP contribution in [-0.4, -0.2) is 19.8 Å². The van der Waals surface area contributed by atoms with E-state index in [4.69, 9.17) is 21.1 Å². The molecular weight excluding hydrogens is 310 g/mol. The SMILES string of the molecule is Cc1cc(OCCNc2cccc(OCC(C)C)c2)ccc1Cl. The lowest BCUT2D eigenvalue weighted by atomic mass is 10.2. The molecule has 0 amide bonds. The Morgan fingerprint density at radius 2 is 1.83 bits per heavy atom. The molecule has 2 aromatic carbocycles. The van der Waals surface area contributed by atoms with Crippen LogP contribution in [0.2, 0.25) is 5.02 Å². The minimum Gasteiger partial charge on any atom is -0.493 e. The van der Waals surface area contributed by atoms with Crippen molar-refractivity contribution in [1.29, 1.82) is 0 Å². The molecular formula is C19H24ClNO2. The van der Waals surface area contributed by atoms with E-state index in [1.165, 1.54) is 0 Å². The third-order valence-electron chi connectivity index (χ3n) is 3.25. The quantitative estimate of drug-likeness (QED) is 0.676. The predicted molar refractivity (Wildman–Crippen MR) is 96.9 cm³/mol. The first kappa shape index (κ1) is 17.5. The molecule has 0 aliphatic carbocycles. The molecule has 3 nitrogen and oxygen atoms in total. The first-order valence-corrected chi connectivity index (χ1v) is 8.28. The molecule has 0 aliphatic rings. The summed E-state index contributed by atoms with van der Waals surface area (Å²) in [5, 5.41) is 4.10. The second-order valence-corrected chi connectivity index (χ2v) is 6.33. The van der Waals surface area contributed by atoms with Crippen LogP contribution in [0.5, 0.6) is 11.5 Å². The van der Waals surface area contributed by atoms with Gasteiger partial charge in [-0.1, -0.05) is 31.5 Å². The van der Waals surface area contributed by atoms with Gasteiger partial charge in [0, 0.05) is 23.3 Å². The first-order valence-electron chi connectivity index (χ1n) is 7.90. The van der Waals surface area contributed by atoms with Gasteiger partial charge in [-0.25, -0.2) is 0 Å². The highest BCUT2D eigenvalue weighted by atomic mass is 35.5. The third-order valence-corrected chi connectivity index (χ3v) is 3.67. The van der Waals surface area contributed by atoms with Crippen molar-refractivity contribution in [2.75, 3.05) is 25.1 Å². The molecule has 2 rings (SSSR count). The van der Waals surface area contributed by atoms with Crippen LogP contribution in [0.3, 0.4) is 0 Å². The Morgan fingerprint density at radius 3 is 2.57 bits per heavy atom. The molecule has 0 unspecified atom stereocenters. The molecule has 23 heavy (non-hydrogen) atoms. The zero-order valence-electron chi connectivity index (χ0n) is 13.9. The Bertz CT molecular complexity index is 629. The maximum absolute atomic E-state index is 6.00. The van der Waals surface area contributed by atoms with Gasteiger partial charge in [0.15, 0.2) is 0 Å². The number of benzene rings is 2. The average Bonchev–Trinajstić information content (AvgIpc) is 2.53. The zero-order valence-corrected chi connectivity index (χ0v) is 14.7. The maximum Gasteiger partial charge on any atom is 0.121 e. The van der Waals surface area contributed by atoms with Crippen molar-refractivity contribution >= 4 is 17.3 Å². The molecule has 0 aliphatic heterocycles. The molecule has 0 fully saturated rings. The van der Waals surface area contributed by atoms with Crippen LogP contribution in [0.4, 0.5) is 5.69 Å². The molecule has 0 saturated carbocycles. The van der Waals surface area contributed by atoms with Crippen molar-refractivity contribution in [3.63, 3.8) is 0 Å². The number of anilines is 1. The lowest BCUT2D eigenvalue weighted by Crippen LogP contribution is -2.11. The van der Waals surface area contributed by atoms with Crippen LogP contribution >= 0.6 is 11.6 Å². The van der Waals surface area contributed by atoms with E-state index >= 15 is 0 Å². The number of ether oxygens (including phenoxy) is 2. The summed E-state index contributed by atoms with van der Waals surface area (Å²) in [5.74, 6) is 2.24. The molecule has 1 N–H and O–H groups in total. The molecule has 0 atom stereocenters. The Kier molecular flexibility index (Phi) is 6.60. The highest BCUT2D eigenvalue weighted by Gasteiger charge is 2.00. The molecule has 2 aromatic rings. The number of rotatable bonds is 8. The number of aryl methyl sites for hydroxylation is 1. The zero-order chi connectivity index (χ0) is 16.7. The maximum atomic E-state index is 6.00.